The van der Waals surface area contributed by atoms with Crippen LogP contribution in [0.5, 0.6) is 5.88 Å². The Kier molecular flexibility index (Phi) is 7.20. The lowest BCUT2D eigenvalue weighted by molar-refractivity contribution is -0.141. The first kappa shape index (κ1) is 27.6. The zero-order valence-electron chi connectivity index (χ0n) is 23.0. The minimum Gasteiger partial charge on any atom is -0.474 e. The molecule has 5 heterocycles. The van der Waals surface area contributed by atoms with E-state index in [1.54, 1.807) is 6.33 Å². The zero-order valence-corrected chi connectivity index (χ0v) is 23.0. The van der Waals surface area contributed by atoms with Gasteiger partial charge in [0.2, 0.25) is 5.88 Å². The predicted molar refractivity (Wildman–Crippen MR) is 145 cm³/mol. The van der Waals surface area contributed by atoms with Gasteiger partial charge in [-0.25, -0.2) is 15.0 Å². The van der Waals surface area contributed by atoms with Crippen molar-refractivity contribution in [1.82, 2.24) is 39.5 Å². The predicted octanol–water partition coefficient (Wildman–Crippen LogP) is 3.69. The van der Waals surface area contributed by atoms with Crippen molar-refractivity contribution < 1.29 is 23.0 Å². The number of H-pyrrole nitrogens is 1. The quantitative estimate of drug-likeness (QED) is 0.330. The molecule has 1 aliphatic heterocycles. The van der Waals surface area contributed by atoms with E-state index in [0.717, 1.165) is 73.7 Å². The molecule has 0 bridgehead atoms. The second-order valence-electron chi connectivity index (χ2n) is 11.4. The molecule has 0 aromatic carbocycles. The van der Waals surface area contributed by atoms with E-state index < -0.39 is 18.5 Å². The van der Waals surface area contributed by atoms with E-state index in [1.807, 2.05) is 18.5 Å². The molecule has 1 aliphatic carbocycles. The Hall–Kier alpha value is -3.55. The summed E-state index contributed by atoms with van der Waals surface area (Å²) in [5.74, 6) is -0.0867. The van der Waals surface area contributed by atoms with Crippen molar-refractivity contribution in [2.75, 3.05) is 33.7 Å². The van der Waals surface area contributed by atoms with Gasteiger partial charge in [0.15, 0.2) is 0 Å². The molecule has 0 unspecified atom stereocenters. The normalized spacial score (nSPS) is 21.3. The number of aliphatic hydroxyl groups is 1. The van der Waals surface area contributed by atoms with E-state index in [1.165, 1.54) is 6.07 Å². The van der Waals surface area contributed by atoms with E-state index in [4.69, 9.17) is 9.84 Å². The smallest absolute Gasteiger partial charge is 0.433 e. The number of pyridine rings is 1. The summed E-state index contributed by atoms with van der Waals surface area (Å²) in [7, 11) is 4.13. The number of hydrogen-bond acceptors (Lipinski definition) is 8. The number of aromatic nitrogens is 6. The second kappa shape index (κ2) is 10.7. The van der Waals surface area contributed by atoms with Crippen LogP contribution in [-0.4, -0.2) is 90.5 Å². The van der Waals surface area contributed by atoms with Gasteiger partial charge < -0.3 is 19.7 Å². The summed E-state index contributed by atoms with van der Waals surface area (Å²) in [5, 5.41) is 15.1. The molecule has 0 amide bonds. The first-order chi connectivity index (χ1) is 19.6. The molecule has 41 heavy (non-hydrogen) atoms. The van der Waals surface area contributed by atoms with Gasteiger partial charge >= 0.3 is 6.18 Å². The van der Waals surface area contributed by atoms with Crippen LogP contribution in [0.3, 0.4) is 0 Å². The van der Waals surface area contributed by atoms with Crippen molar-refractivity contribution in [3.8, 4) is 17.1 Å². The number of alkyl halides is 3. The van der Waals surface area contributed by atoms with Gasteiger partial charge in [0.25, 0.3) is 0 Å². The number of likely N-dealkylation sites (tertiary alicyclic amines) is 1. The highest BCUT2D eigenvalue weighted by Gasteiger charge is 2.48. The summed E-state index contributed by atoms with van der Waals surface area (Å²) in [4.78, 5) is 20.2. The Morgan fingerprint density at radius 3 is 2.63 bits per heavy atom. The van der Waals surface area contributed by atoms with Gasteiger partial charge in [-0.3, -0.25) is 9.58 Å². The number of halogens is 3. The fourth-order valence-corrected chi connectivity index (χ4v) is 6.24. The second-order valence-corrected chi connectivity index (χ2v) is 11.4. The number of rotatable bonds is 8. The highest BCUT2D eigenvalue weighted by Crippen LogP contribution is 2.38. The first-order valence-electron chi connectivity index (χ1n) is 13.7. The number of aromatic amines is 1. The molecular weight excluding hydrogens is 537 g/mol. The Labute approximate surface area is 235 Å². The maximum absolute atomic E-state index is 13.2. The molecule has 4 aromatic rings. The fourth-order valence-electron chi connectivity index (χ4n) is 6.24. The van der Waals surface area contributed by atoms with Crippen molar-refractivity contribution in [1.29, 1.82) is 0 Å². The summed E-state index contributed by atoms with van der Waals surface area (Å²) in [6.45, 7) is 2.02. The van der Waals surface area contributed by atoms with Gasteiger partial charge in [0.05, 0.1) is 18.5 Å². The van der Waals surface area contributed by atoms with Crippen LogP contribution in [0.25, 0.3) is 22.3 Å². The SMILES string of the molecule is CN(C)CC1(n2cc(-c3ncnc4[nH]ccc34)cn2)CN(C2CCC(Oc3cc(CO)cc(C(F)(F)F)n3)CC2)C1. The lowest BCUT2D eigenvalue weighted by atomic mass is 9.83. The monoisotopic (exact) mass is 570 g/mol. The number of aliphatic hydroxyl groups excluding tert-OH is 1. The third-order valence-corrected chi connectivity index (χ3v) is 8.08. The Balaban J connectivity index is 1.11. The molecule has 4 aromatic heterocycles. The van der Waals surface area contributed by atoms with E-state index in [-0.39, 0.29) is 23.1 Å². The molecule has 1 saturated heterocycles. The van der Waals surface area contributed by atoms with Gasteiger partial charge in [-0.15, -0.1) is 0 Å². The van der Waals surface area contributed by atoms with Crippen LogP contribution >= 0.6 is 0 Å². The van der Waals surface area contributed by atoms with Gasteiger partial charge in [-0.2, -0.15) is 18.3 Å². The number of ether oxygens (including phenoxy) is 1. The Morgan fingerprint density at radius 1 is 1.15 bits per heavy atom. The average Bonchev–Trinajstić information content (AvgIpc) is 3.60. The minimum absolute atomic E-state index is 0.0867. The third-order valence-electron chi connectivity index (χ3n) is 8.08. The highest BCUT2D eigenvalue weighted by molar-refractivity contribution is 5.90. The lowest BCUT2D eigenvalue weighted by Crippen LogP contribution is -2.69. The van der Waals surface area contributed by atoms with Crippen molar-refractivity contribution in [3.05, 3.63) is 54.4 Å². The topological polar surface area (TPSA) is 108 Å². The molecule has 13 heteroatoms. The van der Waals surface area contributed by atoms with E-state index in [9.17, 15) is 18.3 Å². The molecular formula is C28H33F3N8O2. The first-order valence-corrected chi connectivity index (χ1v) is 13.7. The van der Waals surface area contributed by atoms with E-state index >= 15 is 0 Å². The Bertz CT molecular complexity index is 1500. The molecule has 218 valence electrons. The van der Waals surface area contributed by atoms with Gasteiger partial charge in [-0.1, -0.05) is 0 Å². The van der Waals surface area contributed by atoms with Crippen LogP contribution in [0.1, 0.15) is 36.9 Å². The van der Waals surface area contributed by atoms with E-state index in [2.05, 4.69) is 54.7 Å². The molecule has 2 fully saturated rings. The van der Waals surface area contributed by atoms with Crippen molar-refractivity contribution in [3.63, 3.8) is 0 Å². The number of likely N-dealkylation sites (N-methyl/N-ethyl adjacent to an activating group) is 1. The summed E-state index contributed by atoms with van der Waals surface area (Å²) in [5.41, 5.74) is 1.48. The Morgan fingerprint density at radius 2 is 1.93 bits per heavy atom. The van der Waals surface area contributed by atoms with Crippen LogP contribution in [0.2, 0.25) is 0 Å². The zero-order chi connectivity index (χ0) is 28.8. The largest absolute Gasteiger partial charge is 0.474 e. The van der Waals surface area contributed by atoms with Crippen LogP contribution in [0.4, 0.5) is 13.2 Å². The molecule has 0 atom stereocenters. The summed E-state index contributed by atoms with van der Waals surface area (Å²) < 4.78 is 47.6. The van der Waals surface area contributed by atoms with Crippen LogP contribution in [0, 0.1) is 0 Å². The summed E-state index contributed by atoms with van der Waals surface area (Å²) in [6.07, 6.45) is 5.74. The van der Waals surface area contributed by atoms with Gasteiger partial charge in [0.1, 0.15) is 29.3 Å². The molecule has 0 spiro atoms. The number of nitrogens with zero attached hydrogens (tertiary/aromatic N) is 7. The average molecular weight is 571 g/mol. The maximum atomic E-state index is 13.2. The standard InChI is InChI=1S/C28H33F3N8O2/c1-37(2)14-27(39-12-19(11-35-39)25-22-7-8-32-26(22)34-17-33-25)15-38(16-27)20-3-5-21(6-4-20)41-24-10-18(13-40)9-23(36-24)28(29,30)31/h7-12,17,20-21,40H,3-6,13-16H2,1-2H3,(H,32,33,34). The van der Waals surface area contributed by atoms with Crippen molar-refractivity contribution in [2.45, 2.75) is 56.2 Å². The summed E-state index contributed by atoms with van der Waals surface area (Å²) in [6, 6.07) is 4.57. The fraction of sp³-hybridized carbons (Fsp3) is 0.500. The molecule has 6 rings (SSSR count). The molecule has 1 saturated carbocycles. The van der Waals surface area contributed by atoms with Crippen LogP contribution < -0.4 is 4.74 Å². The molecule has 10 nitrogen and oxygen atoms in total. The molecule has 2 aliphatic rings. The van der Waals surface area contributed by atoms with E-state index in [0.29, 0.717) is 6.04 Å². The van der Waals surface area contributed by atoms with Crippen molar-refractivity contribution >= 4 is 11.0 Å². The third kappa shape index (κ3) is 5.53. The number of hydrogen-bond donors (Lipinski definition) is 2. The molecule has 0 radical (unpaired) electrons. The van der Waals surface area contributed by atoms with Crippen LogP contribution in [0.15, 0.2) is 43.1 Å². The van der Waals surface area contributed by atoms with Gasteiger partial charge in [-0.05, 0) is 57.5 Å². The van der Waals surface area contributed by atoms with Crippen molar-refractivity contribution in [2.24, 2.45) is 0 Å². The summed E-state index contributed by atoms with van der Waals surface area (Å²) >= 11 is 0. The highest BCUT2D eigenvalue weighted by atomic mass is 19.4. The lowest BCUT2D eigenvalue weighted by Gasteiger charge is -2.55. The molecule has 2 N–H and O–H groups in total. The number of fused-ring (bicyclic) bond motifs is 1. The van der Waals surface area contributed by atoms with Gasteiger partial charge in [0, 0.05) is 55.1 Å². The maximum Gasteiger partial charge on any atom is 0.433 e. The number of nitrogens with one attached hydrogen (secondary N) is 1. The minimum atomic E-state index is -4.60. The van der Waals surface area contributed by atoms with Crippen LogP contribution in [-0.2, 0) is 18.3 Å².